The maximum Gasteiger partial charge on any atom is 0.321 e. The van der Waals surface area contributed by atoms with Crippen LogP contribution in [0, 0.1) is 0 Å². The lowest BCUT2D eigenvalue weighted by molar-refractivity contribution is -0.121. The summed E-state index contributed by atoms with van der Waals surface area (Å²) in [6.45, 7) is 3.72. The Labute approximate surface area is 153 Å². The highest BCUT2D eigenvalue weighted by atomic mass is 32.2. The predicted molar refractivity (Wildman–Crippen MR) is 99.6 cm³/mol. The molecule has 0 atom stereocenters. The van der Waals surface area contributed by atoms with Gasteiger partial charge >= 0.3 is 6.03 Å². The van der Waals surface area contributed by atoms with Gasteiger partial charge in [-0.2, -0.15) is 4.31 Å². The highest BCUT2D eigenvalue weighted by Gasteiger charge is 2.26. The van der Waals surface area contributed by atoms with Crippen LogP contribution in [0.2, 0.25) is 0 Å². The van der Waals surface area contributed by atoms with Crippen molar-refractivity contribution in [2.75, 3.05) is 39.3 Å². The van der Waals surface area contributed by atoms with E-state index in [-0.39, 0.29) is 6.54 Å². The van der Waals surface area contributed by atoms with Gasteiger partial charge in [0, 0.05) is 38.1 Å². The second kappa shape index (κ2) is 9.46. The van der Waals surface area contributed by atoms with Crippen LogP contribution in [0.1, 0.15) is 12.5 Å². The second-order valence-corrected chi connectivity index (χ2v) is 7.66. The van der Waals surface area contributed by atoms with Crippen LogP contribution in [0.5, 0.6) is 0 Å². The molecule has 3 amide bonds. The molecule has 1 heterocycles. The lowest BCUT2D eigenvalue weighted by Gasteiger charge is -2.32. The topological polar surface area (TPSA) is 98.8 Å². The summed E-state index contributed by atoms with van der Waals surface area (Å²) in [4.78, 5) is 24.9. The molecule has 0 unspecified atom stereocenters. The standard InChI is InChI=1S/C17H24N4O4S/c1-2-18-17(23)19-16(22)14-20-9-11-21(12-10-20)26(24,25)13-8-15-6-4-3-5-7-15/h3-8,13H,2,9-12,14H2,1H3,(H2,18,19,22,23)/b13-8+. The number of hydrogen-bond acceptors (Lipinski definition) is 5. The predicted octanol–water partition coefficient (Wildman–Crippen LogP) is 0.450. The van der Waals surface area contributed by atoms with E-state index in [1.165, 1.54) is 9.71 Å². The van der Waals surface area contributed by atoms with Crippen LogP contribution in [0.15, 0.2) is 35.7 Å². The van der Waals surface area contributed by atoms with Gasteiger partial charge in [-0.05, 0) is 18.6 Å². The SMILES string of the molecule is CCNC(=O)NC(=O)CN1CCN(S(=O)(=O)/C=C/c2ccccc2)CC1. The van der Waals surface area contributed by atoms with Crippen LogP contribution < -0.4 is 10.6 Å². The van der Waals surface area contributed by atoms with E-state index in [0.717, 1.165) is 5.56 Å². The number of rotatable bonds is 6. The van der Waals surface area contributed by atoms with Gasteiger partial charge in [0.1, 0.15) is 0 Å². The van der Waals surface area contributed by atoms with E-state index in [1.807, 2.05) is 35.2 Å². The molecule has 1 aromatic rings. The Balaban J connectivity index is 1.82. The number of amides is 3. The summed E-state index contributed by atoms with van der Waals surface area (Å²) in [5.41, 5.74) is 0.816. The van der Waals surface area contributed by atoms with Gasteiger partial charge in [-0.25, -0.2) is 13.2 Å². The molecule has 1 fully saturated rings. The maximum atomic E-state index is 12.4. The molecule has 0 saturated carbocycles. The van der Waals surface area contributed by atoms with Gasteiger partial charge in [-0.3, -0.25) is 15.0 Å². The highest BCUT2D eigenvalue weighted by Crippen LogP contribution is 2.11. The minimum Gasteiger partial charge on any atom is -0.338 e. The van der Waals surface area contributed by atoms with Crippen molar-refractivity contribution in [3.63, 3.8) is 0 Å². The van der Waals surface area contributed by atoms with Crippen molar-refractivity contribution in [2.24, 2.45) is 0 Å². The van der Waals surface area contributed by atoms with Crippen LogP contribution in [-0.4, -0.2) is 68.8 Å². The molecule has 1 aromatic carbocycles. The van der Waals surface area contributed by atoms with Crippen LogP contribution in [-0.2, 0) is 14.8 Å². The van der Waals surface area contributed by atoms with Gasteiger partial charge in [0.15, 0.2) is 0 Å². The Morgan fingerprint density at radius 1 is 1.12 bits per heavy atom. The van der Waals surface area contributed by atoms with Crippen LogP contribution in [0.4, 0.5) is 4.79 Å². The highest BCUT2D eigenvalue weighted by molar-refractivity contribution is 7.92. The minimum atomic E-state index is -3.50. The number of sulfonamides is 1. The Bertz CT molecular complexity index is 741. The summed E-state index contributed by atoms with van der Waals surface area (Å²) >= 11 is 0. The molecular weight excluding hydrogens is 356 g/mol. The number of carbonyl (C=O) groups is 2. The smallest absolute Gasteiger partial charge is 0.321 e. The molecule has 1 saturated heterocycles. The monoisotopic (exact) mass is 380 g/mol. The van der Waals surface area contributed by atoms with Crippen molar-refractivity contribution < 1.29 is 18.0 Å². The molecule has 2 rings (SSSR count). The number of imide groups is 1. The number of piperazine rings is 1. The fraction of sp³-hybridized carbons (Fsp3) is 0.412. The van der Waals surface area contributed by atoms with Gasteiger partial charge in [0.25, 0.3) is 0 Å². The van der Waals surface area contributed by atoms with Crippen molar-refractivity contribution in [3.05, 3.63) is 41.3 Å². The molecular formula is C17H24N4O4S. The summed E-state index contributed by atoms with van der Waals surface area (Å²) in [5.74, 6) is -0.406. The quantitative estimate of drug-likeness (QED) is 0.747. The number of benzene rings is 1. The molecule has 9 heteroatoms. The third kappa shape index (κ3) is 6.25. The van der Waals surface area contributed by atoms with E-state index >= 15 is 0 Å². The molecule has 0 aromatic heterocycles. The van der Waals surface area contributed by atoms with E-state index in [0.29, 0.717) is 32.7 Å². The summed E-state index contributed by atoms with van der Waals surface area (Å²) in [7, 11) is -3.50. The van der Waals surface area contributed by atoms with Crippen LogP contribution >= 0.6 is 0 Å². The molecule has 0 aliphatic carbocycles. The zero-order valence-electron chi connectivity index (χ0n) is 14.7. The molecule has 142 valence electrons. The van der Waals surface area contributed by atoms with Gasteiger partial charge in [-0.15, -0.1) is 0 Å². The van der Waals surface area contributed by atoms with E-state index < -0.39 is 22.0 Å². The molecule has 2 N–H and O–H groups in total. The largest absolute Gasteiger partial charge is 0.338 e. The number of nitrogens with zero attached hydrogens (tertiary/aromatic N) is 2. The zero-order valence-corrected chi connectivity index (χ0v) is 15.5. The molecule has 0 spiro atoms. The Kier molecular flexibility index (Phi) is 7.31. The minimum absolute atomic E-state index is 0.0604. The summed E-state index contributed by atoms with van der Waals surface area (Å²) in [6, 6.07) is 8.69. The van der Waals surface area contributed by atoms with Crippen molar-refractivity contribution >= 4 is 28.0 Å². The first kappa shape index (κ1) is 20.1. The summed E-state index contributed by atoms with van der Waals surface area (Å²) in [6.07, 6.45) is 1.57. The average molecular weight is 380 g/mol. The first-order chi connectivity index (χ1) is 12.4. The van der Waals surface area contributed by atoms with E-state index in [2.05, 4.69) is 10.6 Å². The van der Waals surface area contributed by atoms with Crippen LogP contribution in [0.25, 0.3) is 6.08 Å². The zero-order chi connectivity index (χ0) is 19.0. The molecule has 8 nitrogen and oxygen atoms in total. The normalized spacial score (nSPS) is 16.5. The number of urea groups is 1. The average Bonchev–Trinajstić information content (AvgIpc) is 2.61. The van der Waals surface area contributed by atoms with E-state index in [9.17, 15) is 18.0 Å². The lowest BCUT2D eigenvalue weighted by Crippen LogP contribution is -2.51. The molecule has 1 aliphatic heterocycles. The van der Waals surface area contributed by atoms with Gasteiger partial charge in [0.05, 0.1) is 6.54 Å². The van der Waals surface area contributed by atoms with Gasteiger partial charge < -0.3 is 5.32 Å². The summed E-state index contributed by atoms with van der Waals surface area (Å²) < 4.78 is 26.2. The van der Waals surface area contributed by atoms with Crippen molar-refractivity contribution in [3.8, 4) is 0 Å². The van der Waals surface area contributed by atoms with Crippen LogP contribution in [0.3, 0.4) is 0 Å². The Hall–Kier alpha value is -2.23. The fourth-order valence-corrected chi connectivity index (χ4v) is 3.70. The van der Waals surface area contributed by atoms with E-state index in [4.69, 9.17) is 0 Å². The first-order valence-corrected chi connectivity index (χ1v) is 9.94. The Morgan fingerprint density at radius 2 is 1.77 bits per heavy atom. The number of nitrogens with one attached hydrogen (secondary N) is 2. The third-order valence-corrected chi connectivity index (χ3v) is 5.45. The lowest BCUT2D eigenvalue weighted by atomic mass is 10.2. The fourth-order valence-electron chi connectivity index (χ4n) is 2.53. The summed E-state index contributed by atoms with van der Waals surface area (Å²) in [5, 5.41) is 5.93. The molecule has 1 aliphatic rings. The van der Waals surface area contributed by atoms with Crippen molar-refractivity contribution in [1.29, 1.82) is 0 Å². The molecule has 0 bridgehead atoms. The number of hydrogen-bond donors (Lipinski definition) is 2. The van der Waals surface area contributed by atoms with Gasteiger partial charge in [0.2, 0.25) is 15.9 Å². The number of carbonyl (C=O) groups excluding carboxylic acids is 2. The molecule has 26 heavy (non-hydrogen) atoms. The second-order valence-electron chi connectivity index (χ2n) is 5.84. The third-order valence-electron chi connectivity index (χ3n) is 3.88. The van der Waals surface area contributed by atoms with Crippen molar-refractivity contribution in [2.45, 2.75) is 6.92 Å². The first-order valence-electron chi connectivity index (χ1n) is 8.44. The van der Waals surface area contributed by atoms with Crippen molar-refractivity contribution in [1.82, 2.24) is 19.8 Å². The molecule has 0 radical (unpaired) electrons. The van der Waals surface area contributed by atoms with E-state index in [1.54, 1.807) is 13.0 Å². The maximum absolute atomic E-state index is 12.4. The Morgan fingerprint density at radius 3 is 2.38 bits per heavy atom. The van der Waals surface area contributed by atoms with Gasteiger partial charge in [-0.1, -0.05) is 30.3 Å².